The number of aliphatic carboxylic acids is 1. The van der Waals surface area contributed by atoms with E-state index in [0.717, 1.165) is 4.47 Å². The molecule has 0 saturated carbocycles. The van der Waals surface area contributed by atoms with Crippen LogP contribution in [0.2, 0.25) is 5.02 Å². The highest BCUT2D eigenvalue weighted by atomic mass is 79.9. The summed E-state index contributed by atoms with van der Waals surface area (Å²) in [5.74, 6) is -0.977. The molecule has 2 amide bonds. The first-order valence-electron chi connectivity index (χ1n) is 5.45. The molecular formula is C12H14BrClN2O3. The monoisotopic (exact) mass is 348 g/mol. The second-order valence-electron chi connectivity index (χ2n) is 4.62. The van der Waals surface area contributed by atoms with E-state index in [4.69, 9.17) is 16.7 Å². The largest absolute Gasteiger partial charge is 0.481 e. The number of benzene rings is 1. The van der Waals surface area contributed by atoms with Gasteiger partial charge < -0.3 is 15.7 Å². The van der Waals surface area contributed by atoms with Crippen LogP contribution in [0.15, 0.2) is 22.7 Å². The highest BCUT2D eigenvalue weighted by Gasteiger charge is 2.27. The smallest absolute Gasteiger partial charge is 0.319 e. The number of halogens is 2. The molecule has 0 aliphatic carbocycles. The van der Waals surface area contributed by atoms with E-state index in [-0.39, 0.29) is 6.54 Å². The number of urea groups is 1. The second kappa shape index (κ2) is 6.25. The Morgan fingerprint density at radius 2 is 2.05 bits per heavy atom. The van der Waals surface area contributed by atoms with Crippen molar-refractivity contribution >= 4 is 45.2 Å². The Hall–Kier alpha value is -1.27. The Bertz CT molecular complexity index is 506. The summed E-state index contributed by atoms with van der Waals surface area (Å²) in [6.45, 7) is 3.08. The summed E-state index contributed by atoms with van der Waals surface area (Å²) in [5, 5.41) is 14.4. The molecule has 0 atom stereocenters. The molecule has 7 heteroatoms. The summed E-state index contributed by atoms with van der Waals surface area (Å²) in [6.07, 6.45) is 0. The van der Waals surface area contributed by atoms with Crippen LogP contribution in [-0.4, -0.2) is 23.7 Å². The Labute approximate surface area is 124 Å². The standard InChI is InChI=1S/C12H14BrClN2O3/c1-12(2,10(17)18)6-15-11(19)16-9-4-3-7(13)5-8(9)14/h3-5H,6H2,1-2H3,(H,17,18)(H2,15,16,19). The van der Waals surface area contributed by atoms with Crippen LogP contribution < -0.4 is 10.6 Å². The van der Waals surface area contributed by atoms with Crippen LogP contribution in [0.4, 0.5) is 10.5 Å². The lowest BCUT2D eigenvalue weighted by Gasteiger charge is -2.19. The first-order chi connectivity index (χ1) is 8.72. The van der Waals surface area contributed by atoms with Crippen LogP contribution in [0.5, 0.6) is 0 Å². The van der Waals surface area contributed by atoms with Crippen LogP contribution in [0, 0.1) is 5.41 Å². The van der Waals surface area contributed by atoms with Gasteiger partial charge in [-0.1, -0.05) is 27.5 Å². The van der Waals surface area contributed by atoms with Crippen LogP contribution in [0.1, 0.15) is 13.8 Å². The summed E-state index contributed by atoms with van der Waals surface area (Å²) in [4.78, 5) is 22.5. The van der Waals surface area contributed by atoms with E-state index < -0.39 is 17.4 Å². The first kappa shape index (κ1) is 15.8. The van der Waals surface area contributed by atoms with Gasteiger partial charge in [0.25, 0.3) is 0 Å². The molecule has 0 bridgehead atoms. The van der Waals surface area contributed by atoms with Gasteiger partial charge in [0.2, 0.25) is 0 Å². The van der Waals surface area contributed by atoms with Gasteiger partial charge in [-0.25, -0.2) is 4.79 Å². The lowest BCUT2D eigenvalue weighted by atomic mass is 9.94. The maximum Gasteiger partial charge on any atom is 0.319 e. The number of carbonyl (C=O) groups is 2. The van der Waals surface area contributed by atoms with Gasteiger partial charge in [-0.05, 0) is 32.0 Å². The molecule has 1 aromatic carbocycles. The van der Waals surface area contributed by atoms with E-state index in [0.29, 0.717) is 10.7 Å². The molecule has 0 aliphatic rings. The van der Waals surface area contributed by atoms with E-state index in [1.807, 2.05) is 0 Å². The molecule has 3 N–H and O–H groups in total. The average molecular weight is 350 g/mol. The predicted molar refractivity (Wildman–Crippen MR) is 77.6 cm³/mol. The second-order valence-corrected chi connectivity index (χ2v) is 5.94. The quantitative estimate of drug-likeness (QED) is 0.780. The predicted octanol–water partition coefficient (Wildman–Crippen LogP) is 3.33. The molecule has 0 saturated heterocycles. The number of anilines is 1. The number of carbonyl (C=O) groups excluding carboxylic acids is 1. The van der Waals surface area contributed by atoms with Gasteiger partial charge in [0.15, 0.2) is 0 Å². The molecule has 19 heavy (non-hydrogen) atoms. The van der Waals surface area contributed by atoms with E-state index in [1.165, 1.54) is 13.8 Å². The minimum Gasteiger partial charge on any atom is -0.481 e. The van der Waals surface area contributed by atoms with Crippen LogP contribution in [0.3, 0.4) is 0 Å². The van der Waals surface area contributed by atoms with Crippen molar-refractivity contribution in [3.8, 4) is 0 Å². The molecule has 1 rings (SSSR count). The van der Waals surface area contributed by atoms with Crippen molar-refractivity contribution in [3.63, 3.8) is 0 Å². The summed E-state index contributed by atoms with van der Waals surface area (Å²) in [7, 11) is 0. The fourth-order valence-corrected chi connectivity index (χ4v) is 1.85. The van der Waals surface area contributed by atoms with Crippen molar-refractivity contribution in [1.82, 2.24) is 5.32 Å². The van der Waals surface area contributed by atoms with Crippen LogP contribution in [0.25, 0.3) is 0 Å². The van der Waals surface area contributed by atoms with Gasteiger partial charge in [0.05, 0.1) is 16.1 Å². The first-order valence-corrected chi connectivity index (χ1v) is 6.63. The average Bonchev–Trinajstić information content (AvgIpc) is 2.30. The Morgan fingerprint density at radius 1 is 1.42 bits per heavy atom. The van der Waals surface area contributed by atoms with E-state index in [2.05, 4.69) is 26.6 Å². The van der Waals surface area contributed by atoms with Gasteiger partial charge in [-0.3, -0.25) is 4.79 Å². The third kappa shape index (κ3) is 4.72. The lowest BCUT2D eigenvalue weighted by Crippen LogP contribution is -2.40. The van der Waals surface area contributed by atoms with Crippen molar-refractivity contribution in [2.24, 2.45) is 5.41 Å². The fraction of sp³-hybridized carbons (Fsp3) is 0.333. The molecule has 0 aliphatic heterocycles. The van der Waals surface area contributed by atoms with Gasteiger partial charge in [-0.2, -0.15) is 0 Å². The topological polar surface area (TPSA) is 78.4 Å². The Kier molecular flexibility index (Phi) is 5.20. The number of hydrogen-bond acceptors (Lipinski definition) is 2. The van der Waals surface area contributed by atoms with Crippen LogP contribution >= 0.6 is 27.5 Å². The zero-order chi connectivity index (χ0) is 14.6. The molecule has 104 valence electrons. The van der Waals surface area contributed by atoms with Gasteiger partial charge >= 0.3 is 12.0 Å². The molecule has 1 aromatic rings. The number of rotatable bonds is 4. The number of nitrogens with one attached hydrogen (secondary N) is 2. The minimum absolute atomic E-state index is 0.0162. The van der Waals surface area contributed by atoms with Gasteiger partial charge in [0.1, 0.15) is 0 Å². The van der Waals surface area contributed by atoms with Crippen LogP contribution in [-0.2, 0) is 4.79 Å². The third-order valence-corrected chi connectivity index (χ3v) is 3.26. The Morgan fingerprint density at radius 3 is 2.58 bits per heavy atom. The summed E-state index contributed by atoms with van der Waals surface area (Å²) in [6, 6.07) is 4.54. The summed E-state index contributed by atoms with van der Waals surface area (Å²) >= 11 is 9.20. The fourth-order valence-electron chi connectivity index (χ4n) is 1.13. The van der Waals surface area contributed by atoms with Gasteiger partial charge in [0, 0.05) is 11.0 Å². The minimum atomic E-state index is -1.03. The molecular weight excluding hydrogens is 336 g/mol. The number of hydrogen-bond donors (Lipinski definition) is 3. The van der Waals surface area contributed by atoms with Gasteiger partial charge in [-0.15, -0.1) is 0 Å². The zero-order valence-corrected chi connectivity index (χ0v) is 12.8. The highest BCUT2D eigenvalue weighted by molar-refractivity contribution is 9.10. The molecule has 0 fully saturated rings. The van der Waals surface area contributed by atoms with Crippen molar-refractivity contribution in [1.29, 1.82) is 0 Å². The van der Waals surface area contributed by atoms with E-state index in [1.54, 1.807) is 18.2 Å². The maximum atomic E-state index is 11.6. The third-order valence-electron chi connectivity index (χ3n) is 2.45. The number of carboxylic acids is 1. The lowest BCUT2D eigenvalue weighted by molar-refractivity contribution is -0.146. The zero-order valence-electron chi connectivity index (χ0n) is 10.5. The Balaban J connectivity index is 2.59. The number of amides is 2. The van der Waals surface area contributed by atoms with E-state index in [9.17, 15) is 9.59 Å². The molecule has 0 radical (unpaired) electrons. The van der Waals surface area contributed by atoms with Crippen molar-refractivity contribution in [2.75, 3.05) is 11.9 Å². The molecule has 5 nitrogen and oxygen atoms in total. The SMILES string of the molecule is CC(C)(CNC(=O)Nc1ccc(Br)cc1Cl)C(=O)O. The maximum absolute atomic E-state index is 11.6. The highest BCUT2D eigenvalue weighted by Crippen LogP contribution is 2.25. The summed E-state index contributed by atoms with van der Waals surface area (Å²) < 4.78 is 0.801. The number of carboxylic acid groups (broad SMARTS) is 1. The molecule has 0 heterocycles. The summed E-state index contributed by atoms with van der Waals surface area (Å²) in [5.41, 5.74) is -0.573. The molecule has 0 aromatic heterocycles. The molecule has 0 unspecified atom stereocenters. The van der Waals surface area contributed by atoms with Crippen molar-refractivity contribution in [2.45, 2.75) is 13.8 Å². The van der Waals surface area contributed by atoms with Crippen molar-refractivity contribution < 1.29 is 14.7 Å². The van der Waals surface area contributed by atoms with Crippen molar-refractivity contribution in [3.05, 3.63) is 27.7 Å². The molecule has 0 spiro atoms. The normalized spacial score (nSPS) is 10.9. The van der Waals surface area contributed by atoms with E-state index >= 15 is 0 Å².